The average molecular weight is 233 g/mol. The van der Waals surface area contributed by atoms with E-state index in [0.29, 0.717) is 5.92 Å². The van der Waals surface area contributed by atoms with Crippen LogP contribution in [0.2, 0.25) is 0 Å². The summed E-state index contributed by atoms with van der Waals surface area (Å²) in [6.07, 6.45) is 1.26. The van der Waals surface area contributed by atoms with Gasteiger partial charge in [0.1, 0.15) is 0 Å². The summed E-state index contributed by atoms with van der Waals surface area (Å²) in [5.41, 5.74) is 8.37. The minimum absolute atomic E-state index is 0.705. The van der Waals surface area contributed by atoms with Crippen LogP contribution in [0, 0.1) is 5.92 Å². The Morgan fingerprint density at radius 3 is 2.53 bits per heavy atom. The molecule has 2 rings (SSSR count). The number of hydrogen-bond acceptors (Lipinski definition) is 3. The van der Waals surface area contributed by atoms with Crippen LogP contribution in [-0.4, -0.2) is 38.6 Å². The second kappa shape index (κ2) is 5.52. The van der Waals surface area contributed by atoms with Crippen molar-refractivity contribution in [3.63, 3.8) is 0 Å². The number of hydrogen-bond donors (Lipinski definition) is 1. The topological polar surface area (TPSA) is 32.5 Å². The van der Waals surface area contributed by atoms with Gasteiger partial charge < -0.3 is 10.6 Å². The van der Waals surface area contributed by atoms with Gasteiger partial charge in [-0.15, -0.1) is 0 Å². The maximum absolute atomic E-state index is 5.71. The number of nitrogens with two attached hydrogens (primary N) is 1. The van der Waals surface area contributed by atoms with Gasteiger partial charge in [-0.1, -0.05) is 12.1 Å². The van der Waals surface area contributed by atoms with E-state index in [2.05, 4.69) is 48.2 Å². The highest BCUT2D eigenvalue weighted by molar-refractivity contribution is 5.45. The molecular formula is C14H23N3. The first-order valence-corrected chi connectivity index (χ1v) is 6.37. The van der Waals surface area contributed by atoms with Crippen LogP contribution in [0.4, 0.5) is 5.69 Å². The van der Waals surface area contributed by atoms with Crippen LogP contribution in [0.1, 0.15) is 12.0 Å². The van der Waals surface area contributed by atoms with Crippen molar-refractivity contribution in [2.45, 2.75) is 13.0 Å². The van der Waals surface area contributed by atoms with Crippen LogP contribution in [0.3, 0.4) is 0 Å². The lowest BCUT2D eigenvalue weighted by Gasteiger charge is -2.17. The molecule has 0 saturated carbocycles. The van der Waals surface area contributed by atoms with Crippen molar-refractivity contribution >= 4 is 5.69 Å². The number of anilines is 1. The lowest BCUT2D eigenvalue weighted by Crippen LogP contribution is -2.22. The van der Waals surface area contributed by atoms with Crippen LogP contribution in [0.25, 0.3) is 0 Å². The van der Waals surface area contributed by atoms with Crippen molar-refractivity contribution in [3.05, 3.63) is 29.8 Å². The summed E-state index contributed by atoms with van der Waals surface area (Å²) in [5.74, 6) is 0.705. The summed E-state index contributed by atoms with van der Waals surface area (Å²) in [5, 5.41) is 0. The first-order chi connectivity index (χ1) is 8.19. The molecule has 1 aromatic rings. The molecule has 3 heteroatoms. The molecule has 17 heavy (non-hydrogen) atoms. The summed E-state index contributed by atoms with van der Waals surface area (Å²) < 4.78 is 0. The van der Waals surface area contributed by atoms with Crippen molar-refractivity contribution in [3.8, 4) is 0 Å². The van der Waals surface area contributed by atoms with E-state index < -0.39 is 0 Å². The molecule has 0 aromatic heterocycles. The van der Waals surface area contributed by atoms with Crippen molar-refractivity contribution in [2.75, 3.05) is 38.6 Å². The van der Waals surface area contributed by atoms with Crippen LogP contribution >= 0.6 is 0 Å². The Hall–Kier alpha value is -1.06. The normalized spacial score (nSPS) is 20.8. The van der Waals surface area contributed by atoms with E-state index in [9.17, 15) is 0 Å². The number of likely N-dealkylation sites (tertiary alicyclic amines) is 1. The van der Waals surface area contributed by atoms with Gasteiger partial charge in [-0.2, -0.15) is 0 Å². The molecule has 1 fully saturated rings. The first-order valence-electron chi connectivity index (χ1n) is 6.37. The molecule has 1 saturated heterocycles. The van der Waals surface area contributed by atoms with Gasteiger partial charge in [0.25, 0.3) is 0 Å². The van der Waals surface area contributed by atoms with Gasteiger partial charge in [0, 0.05) is 32.9 Å². The fraction of sp³-hybridized carbons (Fsp3) is 0.571. The zero-order valence-electron chi connectivity index (χ0n) is 10.9. The van der Waals surface area contributed by atoms with Gasteiger partial charge in [-0.05, 0) is 43.1 Å². The van der Waals surface area contributed by atoms with Gasteiger partial charge >= 0.3 is 0 Å². The van der Waals surface area contributed by atoms with Gasteiger partial charge in [0.2, 0.25) is 0 Å². The molecule has 1 aromatic carbocycles. The Labute approximate surface area is 104 Å². The lowest BCUT2D eigenvalue weighted by atomic mass is 10.1. The van der Waals surface area contributed by atoms with Gasteiger partial charge in [0.15, 0.2) is 0 Å². The second-order valence-electron chi connectivity index (χ2n) is 5.19. The van der Waals surface area contributed by atoms with Crippen LogP contribution < -0.4 is 10.6 Å². The number of benzene rings is 1. The summed E-state index contributed by atoms with van der Waals surface area (Å²) in [7, 11) is 4.14. The van der Waals surface area contributed by atoms with E-state index in [-0.39, 0.29) is 0 Å². The third-order valence-corrected chi connectivity index (χ3v) is 3.56. The molecule has 0 spiro atoms. The van der Waals surface area contributed by atoms with E-state index in [1.54, 1.807) is 0 Å². The van der Waals surface area contributed by atoms with E-state index in [1.165, 1.54) is 24.2 Å². The summed E-state index contributed by atoms with van der Waals surface area (Å²) >= 11 is 0. The minimum Gasteiger partial charge on any atom is -0.378 e. The predicted molar refractivity (Wildman–Crippen MR) is 73.2 cm³/mol. The third-order valence-electron chi connectivity index (χ3n) is 3.56. The fourth-order valence-electron chi connectivity index (χ4n) is 2.41. The SMILES string of the molecule is CN(C)c1ccc(CN2CCC(CN)C2)cc1. The Balaban J connectivity index is 1.91. The molecule has 1 unspecified atom stereocenters. The highest BCUT2D eigenvalue weighted by Crippen LogP contribution is 2.19. The first kappa shape index (κ1) is 12.4. The molecule has 1 heterocycles. The zero-order chi connectivity index (χ0) is 12.3. The van der Waals surface area contributed by atoms with Crippen molar-refractivity contribution in [1.82, 2.24) is 4.90 Å². The van der Waals surface area contributed by atoms with Crippen LogP contribution in [0.5, 0.6) is 0 Å². The Kier molecular flexibility index (Phi) is 4.02. The molecule has 2 N–H and O–H groups in total. The minimum atomic E-state index is 0.705. The lowest BCUT2D eigenvalue weighted by molar-refractivity contribution is 0.318. The molecule has 0 aliphatic carbocycles. The standard InChI is InChI=1S/C14H23N3/c1-16(2)14-5-3-12(4-6-14)10-17-8-7-13(9-15)11-17/h3-6,13H,7-11,15H2,1-2H3. The summed E-state index contributed by atoms with van der Waals surface area (Å²) in [4.78, 5) is 4.63. The quantitative estimate of drug-likeness (QED) is 0.856. The molecule has 0 bridgehead atoms. The van der Waals surface area contributed by atoms with E-state index >= 15 is 0 Å². The second-order valence-corrected chi connectivity index (χ2v) is 5.19. The fourth-order valence-corrected chi connectivity index (χ4v) is 2.41. The third kappa shape index (κ3) is 3.20. The molecule has 0 radical (unpaired) electrons. The maximum Gasteiger partial charge on any atom is 0.0361 e. The monoisotopic (exact) mass is 233 g/mol. The van der Waals surface area contributed by atoms with Crippen molar-refractivity contribution < 1.29 is 0 Å². The maximum atomic E-state index is 5.71. The Morgan fingerprint density at radius 2 is 2.00 bits per heavy atom. The highest BCUT2D eigenvalue weighted by Gasteiger charge is 2.20. The van der Waals surface area contributed by atoms with E-state index in [4.69, 9.17) is 5.73 Å². The van der Waals surface area contributed by atoms with Crippen molar-refractivity contribution in [2.24, 2.45) is 11.7 Å². The predicted octanol–water partition coefficient (Wildman–Crippen LogP) is 1.53. The van der Waals surface area contributed by atoms with Crippen LogP contribution in [-0.2, 0) is 6.54 Å². The molecule has 1 atom stereocenters. The smallest absolute Gasteiger partial charge is 0.0361 e. The molecule has 1 aliphatic rings. The molecular weight excluding hydrogens is 210 g/mol. The molecule has 1 aliphatic heterocycles. The Morgan fingerprint density at radius 1 is 1.29 bits per heavy atom. The number of nitrogens with zero attached hydrogens (tertiary/aromatic N) is 2. The summed E-state index contributed by atoms with van der Waals surface area (Å²) in [6, 6.07) is 8.83. The van der Waals surface area contributed by atoms with Gasteiger partial charge in [0.05, 0.1) is 0 Å². The van der Waals surface area contributed by atoms with Gasteiger partial charge in [-0.3, -0.25) is 4.90 Å². The highest BCUT2D eigenvalue weighted by atomic mass is 15.1. The van der Waals surface area contributed by atoms with E-state index in [0.717, 1.165) is 19.6 Å². The van der Waals surface area contributed by atoms with Gasteiger partial charge in [-0.25, -0.2) is 0 Å². The molecule has 94 valence electrons. The summed E-state index contributed by atoms with van der Waals surface area (Å²) in [6.45, 7) is 4.24. The zero-order valence-corrected chi connectivity index (χ0v) is 10.9. The Bertz CT molecular complexity index is 345. The molecule has 3 nitrogen and oxygen atoms in total. The van der Waals surface area contributed by atoms with Crippen LogP contribution in [0.15, 0.2) is 24.3 Å². The van der Waals surface area contributed by atoms with Crippen molar-refractivity contribution in [1.29, 1.82) is 0 Å². The largest absolute Gasteiger partial charge is 0.378 e. The average Bonchev–Trinajstić information content (AvgIpc) is 2.77. The number of rotatable bonds is 4. The molecule has 0 amide bonds. The van der Waals surface area contributed by atoms with E-state index in [1.807, 2.05) is 0 Å².